The van der Waals surface area contributed by atoms with Crippen LogP contribution in [-0.4, -0.2) is 10.7 Å². The Hall–Kier alpha value is -0.0600. The van der Waals surface area contributed by atoms with Gasteiger partial charge in [0.2, 0.25) is 0 Å². The number of rotatable bonds is 5. The van der Waals surface area contributed by atoms with E-state index in [1.807, 2.05) is 11.8 Å². The standard InChI is InChI=1S/C13H22N2S2/c1-2-8-16-10-12-15-11(9-17-12)13(14)6-4-3-5-7-13/h9H,2-8,10,14H2,1H3. The van der Waals surface area contributed by atoms with Crippen molar-refractivity contribution in [2.45, 2.75) is 56.7 Å². The van der Waals surface area contributed by atoms with Crippen LogP contribution in [0.2, 0.25) is 0 Å². The predicted octanol–water partition coefficient (Wildman–Crippen LogP) is 3.90. The molecule has 1 aromatic heterocycles. The van der Waals surface area contributed by atoms with Crippen molar-refractivity contribution >= 4 is 23.1 Å². The second-order valence-corrected chi connectivity index (χ2v) is 6.94. The lowest BCUT2D eigenvalue weighted by molar-refractivity contribution is 0.296. The van der Waals surface area contributed by atoms with Gasteiger partial charge in [-0.05, 0) is 25.0 Å². The molecule has 4 heteroatoms. The Labute approximate surface area is 112 Å². The first-order chi connectivity index (χ1) is 8.24. The van der Waals surface area contributed by atoms with Gasteiger partial charge in [0.15, 0.2) is 0 Å². The van der Waals surface area contributed by atoms with Crippen LogP contribution in [0.1, 0.15) is 56.2 Å². The molecule has 1 heterocycles. The molecule has 1 aromatic rings. The smallest absolute Gasteiger partial charge is 0.103 e. The van der Waals surface area contributed by atoms with Gasteiger partial charge in [-0.15, -0.1) is 11.3 Å². The van der Waals surface area contributed by atoms with Gasteiger partial charge in [-0.2, -0.15) is 11.8 Å². The van der Waals surface area contributed by atoms with Crippen molar-refractivity contribution in [1.82, 2.24) is 4.98 Å². The molecule has 2 nitrogen and oxygen atoms in total. The van der Waals surface area contributed by atoms with Gasteiger partial charge in [0.25, 0.3) is 0 Å². The molecule has 1 saturated carbocycles. The molecule has 96 valence electrons. The van der Waals surface area contributed by atoms with Gasteiger partial charge in [-0.1, -0.05) is 26.2 Å². The molecule has 1 fully saturated rings. The summed E-state index contributed by atoms with van der Waals surface area (Å²) in [4.78, 5) is 4.75. The van der Waals surface area contributed by atoms with Crippen molar-refractivity contribution < 1.29 is 0 Å². The van der Waals surface area contributed by atoms with E-state index in [9.17, 15) is 0 Å². The number of hydrogen-bond donors (Lipinski definition) is 1. The van der Waals surface area contributed by atoms with Crippen molar-refractivity contribution in [3.05, 3.63) is 16.1 Å². The molecule has 0 atom stereocenters. The normalized spacial score (nSPS) is 19.4. The predicted molar refractivity (Wildman–Crippen MR) is 77.5 cm³/mol. The summed E-state index contributed by atoms with van der Waals surface area (Å²) in [6.07, 6.45) is 7.31. The van der Waals surface area contributed by atoms with Crippen LogP contribution in [0.4, 0.5) is 0 Å². The highest BCUT2D eigenvalue weighted by atomic mass is 32.2. The zero-order valence-corrected chi connectivity index (χ0v) is 12.2. The van der Waals surface area contributed by atoms with Crippen molar-refractivity contribution in [3.8, 4) is 0 Å². The molecule has 0 aromatic carbocycles. The number of nitrogens with two attached hydrogens (primary N) is 1. The van der Waals surface area contributed by atoms with Gasteiger partial charge in [0.05, 0.1) is 11.2 Å². The summed E-state index contributed by atoms with van der Waals surface area (Å²) in [6, 6.07) is 0. The number of thiazole rings is 1. The number of thioether (sulfide) groups is 1. The summed E-state index contributed by atoms with van der Waals surface area (Å²) in [5, 5.41) is 3.43. The van der Waals surface area contributed by atoms with Crippen LogP contribution < -0.4 is 5.73 Å². The Morgan fingerprint density at radius 2 is 2.18 bits per heavy atom. The van der Waals surface area contributed by atoms with Gasteiger partial charge in [-0.3, -0.25) is 0 Å². The van der Waals surface area contributed by atoms with E-state index in [0.29, 0.717) is 0 Å². The highest BCUT2D eigenvalue weighted by Gasteiger charge is 2.31. The number of aromatic nitrogens is 1. The molecule has 2 rings (SSSR count). The minimum atomic E-state index is -0.123. The van der Waals surface area contributed by atoms with E-state index in [1.165, 1.54) is 36.4 Å². The van der Waals surface area contributed by atoms with Crippen LogP contribution in [0.15, 0.2) is 5.38 Å². The molecular formula is C13H22N2S2. The van der Waals surface area contributed by atoms with Gasteiger partial charge in [0, 0.05) is 11.1 Å². The average Bonchev–Trinajstić information content (AvgIpc) is 2.80. The first-order valence-corrected chi connectivity index (χ1v) is 8.59. The van der Waals surface area contributed by atoms with Crippen molar-refractivity contribution in [2.75, 3.05) is 5.75 Å². The molecule has 2 N–H and O–H groups in total. The van der Waals surface area contributed by atoms with Gasteiger partial charge < -0.3 is 5.73 Å². The summed E-state index contributed by atoms with van der Waals surface area (Å²) >= 11 is 3.75. The Balaban J connectivity index is 1.96. The fourth-order valence-electron chi connectivity index (χ4n) is 2.35. The SMILES string of the molecule is CCCSCc1nc(C2(N)CCCCC2)cs1. The van der Waals surface area contributed by atoms with Crippen LogP contribution in [0.5, 0.6) is 0 Å². The molecule has 0 amide bonds. The molecule has 1 aliphatic carbocycles. The molecule has 0 saturated heterocycles. The van der Waals surface area contributed by atoms with Crippen LogP contribution >= 0.6 is 23.1 Å². The number of hydrogen-bond acceptors (Lipinski definition) is 4. The minimum Gasteiger partial charge on any atom is -0.320 e. The molecule has 0 bridgehead atoms. The Bertz CT molecular complexity index is 343. The third-order valence-corrected chi connectivity index (χ3v) is 5.59. The monoisotopic (exact) mass is 270 g/mol. The van der Waals surface area contributed by atoms with Crippen LogP contribution in [0.3, 0.4) is 0 Å². The fraction of sp³-hybridized carbons (Fsp3) is 0.769. The van der Waals surface area contributed by atoms with Gasteiger partial charge >= 0.3 is 0 Å². The van der Waals surface area contributed by atoms with E-state index in [1.54, 1.807) is 11.3 Å². The Morgan fingerprint density at radius 3 is 2.88 bits per heavy atom. The third kappa shape index (κ3) is 3.46. The molecule has 17 heavy (non-hydrogen) atoms. The van der Waals surface area contributed by atoms with Crippen LogP contribution in [0, 0.1) is 0 Å². The van der Waals surface area contributed by atoms with E-state index in [-0.39, 0.29) is 5.54 Å². The molecule has 0 aliphatic heterocycles. The summed E-state index contributed by atoms with van der Waals surface area (Å²) in [5.41, 5.74) is 7.51. The second kappa shape index (κ2) is 6.21. The summed E-state index contributed by atoms with van der Waals surface area (Å²) < 4.78 is 0. The van der Waals surface area contributed by atoms with Crippen LogP contribution in [0.25, 0.3) is 0 Å². The van der Waals surface area contributed by atoms with Crippen molar-refractivity contribution in [2.24, 2.45) is 5.73 Å². The largest absolute Gasteiger partial charge is 0.320 e. The quantitative estimate of drug-likeness (QED) is 0.825. The molecular weight excluding hydrogens is 248 g/mol. The van der Waals surface area contributed by atoms with E-state index < -0.39 is 0 Å². The lowest BCUT2D eigenvalue weighted by Crippen LogP contribution is -2.38. The fourth-order valence-corrected chi connectivity index (χ4v) is 4.23. The minimum absolute atomic E-state index is 0.123. The summed E-state index contributed by atoms with van der Waals surface area (Å²) in [6.45, 7) is 2.22. The zero-order valence-electron chi connectivity index (χ0n) is 10.6. The summed E-state index contributed by atoms with van der Waals surface area (Å²) in [5.74, 6) is 2.28. The topological polar surface area (TPSA) is 38.9 Å². The molecule has 1 aliphatic rings. The first kappa shape index (κ1) is 13.4. The number of nitrogens with zero attached hydrogens (tertiary/aromatic N) is 1. The lowest BCUT2D eigenvalue weighted by atomic mass is 9.81. The second-order valence-electron chi connectivity index (χ2n) is 4.90. The maximum absolute atomic E-state index is 6.49. The molecule has 0 radical (unpaired) electrons. The van der Waals surface area contributed by atoms with Gasteiger partial charge in [0.1, 0.15) is 5.01 Å². The van der Waals surface area contributed by atoms with E-state index in [0.717, 1.165) is 24.3 Å². The summed E-state index contributed by atoms with van der Waals surface area (Å²) in [7, 11) is 0. The molecule has 0 unspecified atom stereocenters. The highest BCUT2D eigenvalue weighted by Crippen LogP contribution is 2.35. The third-order valence-electron chi connectivity index (χ3n) is 3.38. The Kier molecular flexibility index (Phi) is 4.88. The van der Waals surface area contributed by atoms with Gasteiger partial charge in [-0.25, -0.2) is 4.98 Å². The molecule has 0 spiro atoms. The van der Waals surface area contributed by atoms with E-state index in [2.05, 4.69) is 12.3 Å². The maximum Gasteiger partial charge on any atom is 0.103 e. The van der Waals surface area contributed by atoms with Crippen LogP contribution in [-0.2, 0) is 11.3 Å². The average molecular weight is 270 g/mol. The van der Waals surface area contributed by atoms with Crippen molar-refractivity contribution in [1.29, 1.82) is 0 Å². The van der Waals surface area contributed by atoms with E-state index >= 15 is 0 Å². The lowest BCUT2D eigenvalue weighted by Gasteiger charge is -2.31. The Morgan fingerprint density at radius 1 is 1.41 bits per heavy atom. The van der Waals surface area contributed by atoms with E-state index in [4.69, 9.17) is 10.7 Å². The first-order valence-electron chi connectivity index (χ1n) is 6.56. The zero-order chi connectivity index (χ0) is 12.1. The van der Waals surface area contributed by atoms with Crippen molar-refractivity contribution in [3.63, 3.8) is 0 Å². The maximum atomic E-state index is 6.49. The highest BCUT2D eigenvalue weighted by molar-refractivity contribution is 7.98.